The molecule has 100 valence electrons. The fourth-order valence-corrected chi connectivity index (χ4v) is 3.81. The maximum absolute atomic E-state index is 3.75. The summed E-state index contributed by atoms with van der Waals surface area (Å²) in [7, 11) is 0. The van der Waals surface area contributed by atoms with Crippen LogP contribution in [0.5, 0.6) is 0 Å². The van der Waals surface area contributed by atoms with Crippen LogP contribution in [-0.4, -0.2) is 0 Å². The molecule has 0 spiro atoms. The Kier molecular flexibility index (Phi) is 2.92. The molecule has 2 aromatic rings. The molecule has 2 heteroatoms. The monoisotopic (exact) mass is 325 g/mol. The molecule has 1 aliphatic carbocycles. The second-order valence-corrected chi connectivity index (χ2v) is 6.53. The molecular weight excluding hydrogens is 310 g/mol. The zero-order chi connectivity index (χ0) is 13.5. The number of rotatable bonds is 1. The second-order valence-electron chi connectivity index (χ2n) is 5.61. The average molecular weight is 326 g/mol. The Morgan fingerprint density at radius 1 is 1.00 bits per heavy atom. The van der Waals surface area contributed by atoms with Crippen molar-refractivity contribution < 1.29 is 0 Å². The topological polar surface area (TPSA) is 12.0 Å². The highest BCUT2D eigenvalue weighted by atomic mass is 79.9. The second kappa shape index (κ2) is 4.78. The van der Waals surface area contributed by atoms with E-state index < -0.39 is 0 Å². The van der Waals surface area contributed by atoms with Crippen molar-refractivity contribution in [1.82, 2.24) is 0 Å². The van der Waals surface area contributed by atoms with E-state index in [1.165, 1.54) is 16.8 Å². The fraction of sp³-hybridized carbons (Fsp3) is 0.222. The van der Waals surface area contributed by atoms with Gasteiger partial charge in [0, 0.05) is 16.1 Å². The summed E-state index contributed by atoms with van der Waals surface area (Å²) in [5.74, 6) is 1.19. The van der Waals surface area contributed by atoms with E-state index in [1.54, 1.807) is 0 Å². The Hall–Kier alpha value is -1.54. The van der Waals surface area contributed by atoms with Gasteiger partial charge >= 0.3 is 0 Å². The van der Waals surface area contributed by atoms with Gasteiger partial charge in [0.05, 0.1) is 6.04 Å². The summed E-state index contributed by atoms with van der Waals surface area (Å²) in [5, 5.41) is 3.75. The van der Waals surface area contributed by atoms with Crippen molar-refractivity contribution in [2.45, 2.75) is 18.4 Å². The number of anilines is 1. The Labute approximate surface area is 127 Å². The van der Waals surface area contributed by atoms with Crippen LogP contribution >= 0.6 is 15.9 Å². The van der Waals surface area contributed by atoms with Gasteiger partial charge in [0.1, 0.15) is 0 Å². The molecule has 0 radical (unpaired) electrons. The number of hydrogen-bond donors (Lipinski definition) is 1. The van der Waals surface area contributed by atoms with Gasteiger partial charge in [-0.25, -0.2) is 0 Å². The molecule has 1 heterocycles. The highest BCUT2D eigenvalue weighted by molar-refractivity contribution is 9.10. The average Bonchev–Trinajstić information content (AvgIpc) is 2.97. The SMILES string of the molecule is Brc1ccc(C2Nc3ccccc3C3C=CCC32)cc1. The molecule has 4 rings (SSSR count). The summed E-state index contributed by atoms with van der Waals surface area (Å²) in [4.78, 5) is 0. The first-order chi connectivity index (χ1) is 9.83. The van der Waals surface area contributed by atoms with Gasteiger partial charge in [-0.3, -0.25) is 0 Å². The normalized spacial score (nSPS) is 26.8. The minimum atomic E-state index is 0.401. The maximum Gasteiger partial charge on any atom is 0.0553 e. The van der Waals surface area contributed by atoms with Crippen LogP contribution < -0.4 is 5.32 Å². The van der Waals surface area contributed by atoms with Gasteiger partial charge in [-0.2, -0.15) is 0 Å². The molecule has 3 unspecified atom stereocenters. The number of halogens is 1. The third-order valence-electron chi connectivity index (χ3n) is 4.50. The fourth-order valence-electron chi connectivity index (χ4n) is 3.54. The smallest absolute Gasteiger partial charge is 0.0553 e. The van der Waals surface area contributed by atoms with Crippen molar-refractivity contribution >= 4 is 21.6 Å². The predicted molar refractivity (Wildman–Crippen MR) is 86.9 cm³/mol. The van der Waals surface area contributed by atoms with Crippen molar-refractivity contribution in [3.63, 3.8) is 0 Å². The minimum Gasteiger partial charge on any atom is -0.378 e. The number of para-hydroxylation sites is 1. The van der Waals surface area contributed by atoms with E-state index in [4.69, 9.17) is 0 Å². The Balaban J connectivity index is 1.77. The summed E-state index contributed by atoms with van der Waals surface area (Å²) in [6.45, 7) is 0. The van der Waals surface area contributed by atoms with Crippen LogP contribution in [0.2, 0.25) is 0 Å². The third kappa shape index (κ3) is 1.90. The van der Waals surface area contributed by atoms with Crippen molar-refractivity contribution in [2.75, 3.05) is 5.32 Å². The van der Waals surface area contributed by atoms with Gasteiger partial charge < -0.3 is 5.32 Å². The van der Waals surface area contributed by atoms with Crippen molar-refractivity contribution in [3.05, 3.63) is 76.3 Å². The van der Waals surface area contributed by atoms with E-state index in [0.717, 1.165) is 10.9 Å². The molecular formula is C18H16BrN. The highest BCUT2D eigenvalue weighted by Gasteiger charge is 2.37. The van der Waals surface area contributed by atoms with E-state index in [1.807, 2.05) is 0 Å². The molecule has 2 aliphatic rings. The molecule has 1 nitrogen and oxygen atoms in total. The van der Waals surface area contributed by atoms with Crippen molar-refractivity contribution in [2.24, 2.45) is 5.92 Å². The number of nitrogens with one attached hydrogen (secondary N) is 1. The van der Waals surface area contributed by atoms with Crippen molar-refractivity contribution in [1.29, 1.82) is 0 Å². The quantitative estimate of drug-likeness (QED) is 0.704. The van der Waals surface area contributed by atoms with E-state index >= 15 is 0 Å². The van der Waals surface area contributed by atoms with E-state index in [-0.39, 0.29) is 0 Å². The maximum atomic E-state index is 3.75. The lowest BCUT2D eigenvalue weighted by Crippen LogP contribution is -2.28. The molecule has 0 fully saturated rings. The van der Waals surface area contributed by atoms with Crippen LogP contribution in [0.3, 0.4) is 0 Å². The summed E-state index contributed by atoms with van der Waals surface area (Å²) >= 11 is 3.52. The van der Waals surface area contributed by atoms with E-state index in [2.05, 4.69) is 81.9 Å². The lowest BCUT2D eigenvalue weighted by Gasteiger charge is -2.37. The molecule has 2 aromatic carbocycles. The number of fused-ring (bicyclic) bond motifs is 3. The van der Waals surface area contributed by atoms with Gasteiger partial charge in [-0.05, 0) is 41.7 Å². The molecule has 0 saturated heterocycles. The first-order valence-corrected chi connectivity index (χ1v) is 7.90. The van der Waals surface area contributed by atoms with Crippen LogP contribution in [0.15, 0.2) is 65.2 Å². The summed E-state index contributed by atoms with van der Waals surface area (Å²) < 4.78 is 1.14. The van der Waals surface area contributed by atoms with Gasteiger partial charge in [0.2, 0.25) is 0 Å². The summed E-state index contributed by atoms with van der Waals surface area (Å²) in [6, 6.07) is 17.8. The lowest BCUT2D eigenvalue weighted by molar-refractivity contribution is 0.425. The molecule has 0 amide bonds. The number of benzene rings is 2. The Bertz CT molecular complexity index is 659. The largest absolute Gasteiger partial charge is 0.378 e. The lowest BCUT2D eigenvalue weighted by atomic mass is 9.77. The molecule has 1 aliphatic heterocycles. The third-order valence-corrected chi connectivity index (χ3v) is 5.03. The standard InChI is InChI=1S/C18H16BrN/c19-13-10-8-12(9-11-13)18-16-6-3-5-14(16)15-4-1-2-7-17(15)20-18/h1-5,7-11,14,16,18,20H,6H2. The van der Waals surface area contributed by atoms with Crippen LogP contribution in [0.25, 0.3) is 0 Å². The molecule has 0 bridgehead atoms. The molecule has 3 atom stereocenters. The number of hydrogen-bond acceptors (Lipinski definition) is 1. The minimum absolute atomic E-state index is 0.401. The zero-order valence-corrected chi connectivity index (χ0v) is 12.7. The number of allylic oxidation sites excluding steroid dienone is 2. The van der Waals surface area contributed by atoms with E-state index in [9.17, 15) is 0 Å². The first kappa shape index (κ1) is 12.2. The molecule has 1 N–H and O–H groups in total. The molecule has 0 aromatic heterocycles. The Morgan fingerprint density at radius 3 is 2.65 bits per heavy atom. The van der Waals surface area contributed by atoms with Crippen LogP contribution in [0.4, 0.5) is 5.69 Å². The van der Waals surface area contributed by atoms with Gasteiger partial charge in [0.15, 0.2) is 0 Å². The van der Waals surface area contributed by atoms with Crippen LogP contribution in [-0.2, 0) is 0 Å². The van der Waals surface area contributed by atoms with Gasteiger partial charge in [-0.1, -0.05) is 58.4 Å². The summed E-state index contributed by atoms with van der Waals surface area (Å²) in [5.41, 5.74) is 4.11. The first-order valence-electron chi connectivity index (χ1n) is 7.10. The van der Waals surface area contributed by atoms with E-state index in [0.29, 0.717) is 17.9 Å². The summed E-state index contributed by atoms with van der Waals surface area (Å²) in [6.07, 6.45) is 5.88. The molecule has 20 heavy (non-hydrogen) atoms. The van der Waals surface area contributed by atoms with Gasteiger partial charge in [-0.15, -0.1) is 0 Å². The van der Waals surface area contributed by atoms with Gasteiger partial charge in [0.25, 0.3) is 0 Å². The zero-order valence-electron chi connectivity index (χ0n) is 11.1. The highest BCUT2D eigenvalue weighted by Crippen LogP contribution is 2.49. The predicted octanol–water partition coefficient (Wildman–Crippen LogP) is 5.28. The Morgan fingerprint density at radius 2 is 1.80 bits per heavy atom. The molecule has 0 saturated carbocycles. The van der Waals surface area contributed by atoms with Crippen LogP contribution in [0.1, 0.15) is 29.5 Å². The van der Waals surface area contributed by atoms with Crippen molar-refractivity contribution in [3.8, 4) is 0 Å². The van der Waals surface area contributed by atoms with Crippen LogP contribution in [0, 0.1) is 5.92 Å².